The molecule has 0 N–H and O–H groups in total. The molecule has 0 radical (unpaired) electrons. The lowest BCUT2D eigenvalue weighted by molar-refractivity contribution is -0.395. The SMILES string of the molecule is Fc1c(F)c(F)c(C(F)(F)C2(F)c3c(F)c(F)c(F)c(F)c3C(F)(F)C(F)(F)C2(F)F)c(F)c1F. The zero-order valence-electron chi connectivity index (χ0n) is 15.3. The van der Waals surface area contributed by atoms with E-state index in [-0.39, 0.29) is 0 Å². The van der Waals surface area contributed by atoms with Gasteiger partial charge in [0.25, 0.3) is 5.67 Å². The van der Waals surface area contributed by atoms with Gasteiger partial charge in [0.1, 0.15) is 5.56 Å². The molecule has 2 aromatic carbocycles. The monoisotopic (exact) mass is 546 g/mol. The molecule has 1 unspecified atom stereocenters. The molecule has 0 aliphatic heterocycles. The van der Waals surface area contributed by atoms with Gasteiger partial charge < -0.3 is 0 Å². The van der Waals surface area contributed by atoms with Crippen LogP contribution in [0.5, 0.6) is 0 Å². The highest BCUT2D eigenvalue weighted by atomic mass is 19.4. The highest BCUT2D eigenvalue weighted by Gasteiger charge is 2.91. The minimum atomic E-state index is -7.84. The van der Waals surface area contributed by atoms with Crippen molar-refractivity contribution < 1.29 is 79.0 Å². The highest BCUT2D eigenvalue weighted by Crippen LogP contribution is 2.70. The molecule has 0 nitrogen and oxygen atoms in total. The first-order chi connectivity index (χ1) is 15.6. The van der Waals surface area contributed by atoms with E-state index in [4.69, 9.17) is 0 Å². The summed E-state index contributed by atoms with van der Waals surface area (Å²) < 4.78 is 253. The van der Waals surface area contributed by atoms with Gasteiger partial charge in [-0.05, 0) is 0 Å². The molecule has 0 bridgehead atoms. The quantitative estimate of drug-likeness (QED) is 0.211. The van der Waals surface area contributed by atoms with Gasteiger partial charge >= 0.3 is 23.7 Å². The Labute approximate surface area is 178 Å². The summed E-state index contributed by atoms with van der Waals surface area (Å²) in [5.41, 5.74) is -19.6. The van der Waals surface area contributed by atoms with Gasteiger partial charge in [-0.15, -0.1) is 0 Å². The van der Waals surface area contributed by atoms with E-state index in [0.717, 1.165) is 0 Å². The number of hydrogen-bond acceptors (Lipinski definition) is 0. The first kappa shape index (κ1) is 26.8. The van der Waals surface area contributed by atoms with E-state index in [2.05, 4.69) is 0 Å². The summed E-state index contributed by atoms with van der Waals surface area (Å²) in [6.45, 7) is 0. The second-order valence-corrected chi connectivity index (χ2v) is 6.91. The lowest BCUT2D eigenvalue weighted by atomic mass is 9.68. The van der Waals surface area contributed by atoms with E-state index in [0.29, 0.717) is 0 Å². The Kier molecular flexibility index (Phi) is 5.44. The van der Waals surface area contributed by atoms with E-state index in [1.54, 1.807) is 0 Å². The molecule has 0 saturated heterocycles. The van der Waals surface area contributed by atoms with Crippen LogP contribution in [0.2, 0.25) is 0 Å². The maximum Gasteiger partial charge on any atom is 0.380 e. The maximum absolute atomic E-state index is 15.4. The topological polar surface area (TPSA) is 0 Å². The highest BCUT2D eigenvalue weighted by molar-refractivity contribution is 5.50. The summed E-state index contributed by atoms with van der Waals surface area (Å²) in [5, 5.41) is 0. The molecule has 0 saturated carbocycles. The predicted molar refractivity (Wildman–Crippen MR) is 73.0 cm³/mol. The summed E-state index contributed by atoms with van der Waals surface area (Å²) in [7, 11) is 0. The van der Waals surface area contributed by atoms with E-state index >= 15 is 4.39 Å². The molecule has 0 amide bonds. The predicted octanol–water partition coefficient (Wildman–Crippen LogP) is 7.27. The van der Waals surface area contributed by atoms with Crippen molar-refractivity contribution in [2.24, 2.45) is 0 Å². The Morgan fingerprint density at radius 2 is 0.714 bits per heavy atom. The average Bonchev–Trinajstić information content (AvgIpc) is 2.75. The Morgan fingerprint density at radius 1 is 0.400 bits per heavy atom. The Bertz CT molecular complexity index is 1230. The van der Waals surface area contributed by atoms with Crippen molar-refractivity contribution in [1.82, 2.24) is 0 Å². The molecule has 0 heterocycles. The first-order valence-electron chi connectivity index (χ1n) is 8.15. The van der Waals surface area contributed by atoms with Crippen LogP contribution in [-0.4, -0.2) is 11.8 Å². The zero-order valence-corrected chi connectivity index (χ0v) is 15.3. The number of benzene rings is 2. The molecule has 0 spiro atoms. The fourth-order valence-electron chi connectivity index (χ4n) is 3.38. The summed E-state index contributed by atoms with van der Waals surface area (Å²) in [6, 6.07) is 0. The normalized spacial score (nSPS) is 22.8. The van der Waals surface area contributed by atoms with Crippen LogP contribution in [-0.2, 0) is 17.5 Å². The molecule has 2 aromatic rings. The van der Waals surface area contributed by atoms with Crippen molar-refractivity contribution in [2.75, 3.05) is 0 Å². The first-order valence-corrected chi connectivity index (χ1v) is 8.15. The van der Waals surface area contributed by atoms with Gasteiger partial charge in [0.2, 0.25) is 5.82 Å². The van der Waals surface area contributed by atoms with Crippen LogP contribution >= 0.6 is 0 Å². The van der Waals surface area contributed by atoms with Gasteiger partial charge in [-0.25, -0.2) is 43.9 Å². The minimum absolute atomic E-state index is 3.29. The van der Waals surface area contributed by atoms with Crippen molar-refractivity contribution in [1.29, 1.82) is 0 Å². The van der Waals surface area contributed by atoms with Crippen LogP contribution in [0.1, 0.15) is 16.7 Å². The molecule has 3 rings (SSSR count). The molecule has 18 heteroatoms. The van der Waals surface area contributed by atoms with Crippen LogP contribution in [0.4, 0.5) is 79.0 Å². The van der Waals surface area contributed by atoms with Crippen LogP contribution in [0.3, 0.4) is 0 Å². The average molecular weight is 546 g/mol. The van der Waals surface area contributed by atoms with Crippen LogP contribution < -0.4 is 0 Å². The zero-order chi connectivity index (χ0) is 27.4. The summed E-state index contributed by atoms with van der Waals surface area (Å²) in [4.78, 5) is 0. The Hall–Kier alpha value is -2.82. The van der Waals surface area contributed by atoms with Crippen LogP contribution in [0, 0.1) is 52.4 Å². The lowest BCUT2D eigenvalue weighted by Gasteiger charge is -2.49. The second kappa shape index (κ2) is 7.11. The molecular weight excluding hydrogens is 546 g/mol. The second-order valence-electron chi connectivity index (χ2n) is 6.91. The summed E-state index contributed by atoms with van der Waals surface area (Å²) >= 11 is 0. The lowest BCUT2D eigenvalue weighted by Crippen LogP contribution is -2.70. The van der Waals surface area contributed by atoms with Gasteiger partial charge in [-0.3, -0.25) is 0 Å². The molecule has 1 aliphatic rings. The Balaban J connectivity index is 2.68. The maximum atomic E-state index is 15.4. The third-order valence-electron chi connectivity index (χ3n) is 5.10. The summed E-state index contributed by atoms with van der Waals surface area (Å²) in [5.74, 6) is -62.7. The third kappa shape index (κ3) is 2.70. The fraction of sp³-hybridized carbons (Fsp3) is 0.294. The molecule has 35 heavy (non-hydrogen) atoms. The van der Waals surface area contributed by atoms with Gasteiger partial charge in [0, 0.05) is 0 Å². The number of alkyl halides is 9. The molecule has 1 aliphatic carbocycles. The number of halogens is 18. The van der Waals surface area contributed by atoms with E-state index in [9.17, 15) is 74.6 Å². The Morgan fingerprint density at radius 3 is 1.11 bits per heavy atom. The van der Waals surface area contributed by atoms with Crippen molar-refractivity contribution in [3.63, 3.8) is 0 Å². The van der Waals surface area contributed by atoms with Crippen molar-refractivity contribution in [3.8, 4) is 0 Å². The molecule has 0 aromatic heterocycles. The number of hydrogen-bond donors (Lipinski definition) is 0. The van der Waals surface area contributed by atoms with E-state index in [1.165, 1.54) is 0 Å². The van der Waals surface area contributed by atoms with Crippen molar-refractivity contribution in [3.05, 3.63) is 69.0 Å². The standard InChI is InChI=1S/C17F18/c18-4-1-2(5(19)9(23)8(4)22)15(30,31)17(34,35)16(32,33)13(1,27)14(28,29)3-6(20)10(24)12(26)11(25)7(3)21. The molecule has 0 fully saturated rings. The van der Waals surface area contributed by atoms with Gasteiger partial charge in [-0.1, -0.05) is 0 Å². The molecule has 194 valence electrons. The third-order valence-corrected chi connectivity index (χ3v) is 5.10. The van der Waals surface area contributed by atoms with E-state index < -0.39 is 98.4 Å². The van der Waals surface area contributed by atoms with Crippen molar-refractivity contribution >= 4 is 0 Å². The van der Waals surface area contributed by atoms with Gasteiger partial charge in [0.15, 0.2) is 46.5 Å². The van der Waals surface area contributed by atoms with Gasteiger partial charge in [0.05, 0.1) is 11.1 Å². The molecule has 1 atom stereocenters. The van der Waals surface area contributed by atoms with Crippen molar-refractivity contribution in [2.45, 2.75) is 29.4 Å². The number of rotatable bonds is 2. The van der Waals surface area contributed by atoms with Gasteiger partial charge in [-0.2, -0.15) is 35.1 Å². The summed E-state index contributed by atoms with van der Waals surface area (Å²) in [6.07, 6.45) is 0. The smallest absolute Gasteiger partial charge is 0.224 e. The van der Waals surface area contributed by atoms with Crippen LogP contribution in [0.25, 0.3) is 0 Å². The van der Waals surface area contributed by atoms with Crippen LogP contribution in [0.15, 0.2) is 0 Å². The van der Waals surface area contributed by atoms with E-state index in [1.807, 2.05) is 0 Å². The largest absolute Gasteiger partial charge is 0.380 e. The fourth-order valence-corrected chi connectivity index (χ4v) is 3.38. The molecular formula is C17F18. The number of fused-ring (bicyclic) bond motifs is 1. The minimum Gasteiger partial charge on any atom is -0.224 e.